The molecule has 2 aliphatic rings. The van der Waals surface area contributed by atoms with Gasteiger partial charge in [0.25, 0.3) is 0 Å². The van der Waals surface area contributed by atoms with E-state index in [1.165, 1.54) is 24.3 Å². The average molecular weight is 398 g/mol. The molecule has 2 amide bonds. The van der Waals surface area contributed by atoms with Crippen molar-refractivity contribution in [1.29, 1.82) is 0 Å². The Hall–Kier alpha value is -1.99. The van der Waals surface area contributed by atoms with Crippen LogP contribution in [-0.4, -0.2) is 66.2 Å². The monoisotopic (exact) mass is 397 g/mol. The van der Waals surface area contributed by atoms with E-state index in [1.54, 1.807) is 4.90 Å². The van der Waals surface area contributed by atoms with Crippen LogP contribution in [0.25, 0.3) is 0 Å². The highest BCUT2D eigenvalue weighted by Crippen LogP contribution is 2.18. The minimum absolute atomic E-state index is 0. The van der Waals surface area contributed by atoms with E-state index in [0.717, 1.165) is 19.4 Å². The maximum atomic E-state index is 12.9. The third-order valence-electron chi connectivity index (χ3n) is 5.05. The van der Waals surface area contributed by atoms with Gasteiger partial charge in [-0.3, -0.25) is 14.4 Å². The normalized spacial score (nSPS) is 20.2. The number of ketones is 1. The summed E-state index contributed by atoms with van der Waals surface area (Å²) in [5.74, 6) is -0.529. The number of carbonyl (C=O) groups is 3. The number of carbonyl (C=O) groups excluding carboxylic acids is 3. The van der Waals surface area contributed by atoms with Gasteiger partial charge in [0.2, 0.25) is 11.8 Å². The van der Waals surface area contributed by atoms with Gasteiger partial charge >= 0.3 is 0 Å². The maximum Gasteiger partial charge on any atom is 0.236 e. The number of piperidine rings is 1. The van der Waals surface area contributed by atoms with Gasteiger partial charge in [-0.05, 0) is 37.1 Å². The molecule has 2 saturated heterocycles. The maximum absolute atomic E-state index is 12.9. The number of Topliss-reactive ketones (excluding diaryl/α,β-unsaturated/α-hetero) is 1. The Balaban J connectivity index is 0.00000261. The molecule has 0 radical (unpaired) electrons. The van der Waals surface area contributed by atoms with Crippen LogP contribution < -0.4 is 5.32 Å². The smallest absolute Gasteiger partial charge is 0.236 e. The fourth-order valence-corrected chi connectivity index (χ4v) is 3.60. The molecular weight excluding hydrogens is 373 g/mol. The second kappa shape index (κ2) is 9.80. The molecule has 1 N–H and O–H groups in total. The molecule has 27 heavy (non-hydrogen) atoms. The summed E-state index contributed by atoms with van der Waals surface area (Å²) in [4.78, 5) is 40.3. The fraction of sp³-hybridized carbons (Fsp3) is 0.526. The lowest BCUT2D eigenvalue weighted by Crippen LogP contribution is -2.57. The molecule has 3 rings (SSSR count). The molecule has 0 spiro atoms. The molecule has 1 unspecified atom stereocenters. The zero-order valence-corrected chi connectivity index (χ0v) is 16.0. The van der Waals surface area contributed by atoms with E-state index >= 15 is 0 Å². The van der Waals surface area contributed by atoms with Gasteiger partial charge in [0.15, 0.2) is 5.78 Å². The SMILES string of the molecule is Cl.O=C(CCC(=O)N1CCCC(N2CCNCC2=O)C1)c1ccc(F)cc1. The molecule has 6 nitrogen and oxygen atoms in total. The summed E-state index contributed by atoms with van der Waals surface area (Å²) in [5.41, 5.74) is 0.419. The summed E-state index contributed by atoms with van der Waals surface area (Å²) in [6.45, 7) is 3.02. The number of halogens is 2. The van der Waals surface area contributed by atoms with Crippen LogP contribution in [0.3, 0.4) is 0 Å². The molecule has 0 aliphatic carbocycles. The molecule has 1 atom stereocenters. The zero-order valence-electron chi connectivity index (χ0n) is 15.2. The summed E-state index contributed by atoms with van der Waals surface area (Å²) >= 11 is 0. The molecular formula is C19H25ClFN3O3. The predicted molar refractivity (Wildman–Crippen MR) is 101 cm³/mol. The van der Waals surface area contributed by atoms with Crippen LogP contribution in [0.1, 0.15) is 36.0 Å². The Labute approximate surface area is 164 Å². The number of amides is 2. The van der Waals surface area contributed by atoms with Gasteiger partial charge in [-0.25, -0.2) is 4.39 Å². The predicted octanol–water partition coefficient (Wildman–Crippen LogP) is 1.63. The third-order valence-corrected chi connectivity index (χ3v) is 5.05. The van der Waals surface area contributed by atoms with Gasteiger partial charge in [0.1, 0.15) is 5.82 Å². The van der Waals surface area contributed by atoms with Crippen LogP contribution in [-0.2, 0) is 9.59 Å². The van der Waals surface area contributed by atoms with Gasteiger partial charge in [-0.1, -0.05) is 0 Å². The van der Waals surface area contributed by atoms with Crippen molar-refractivity contribution in [1.82, 2.24) is 15.1 Å². The summed E-state index contributed by atoms with van der Waals surface area (Å²) in [6.07, 6.45) is 2.01. The Morgan fingerprint density at radius 3 is 2.59 bits per heavy atom. The summed E-state index contributed by atoms with van der Waals surface area (Å²) in [7, 11) is 0. The van der Waals surface area contributed by atoms with Gasteiger partial charge in [-0.15, -0.1) is 12.4 Å². The van der Waals surface area contributed by atoms with Crippen molar-refractivity contribution in [2.45, 2.75) is 31.7 Å². The Morgan fingerprint density at radius 2 is 1.89 bits per heavy atom. The minimum Gasteiger partial charge on any atom is -0.341 e. The minimum atomic E-state index is -0.389. The second-order valence-electron chi connectivity index (χ2n) is 6.83. The number of piperazine rings is 1. The van der Waals surface area contributed by atoms with Crippen molar-refractivity contribution >= 4 is 30.0 Å². The van der Waals surface area contributed by atoms with Gasteiger partial charge in [0, 0.05) is 50.6 Å². The van der Waals surface area contributed by atoms with Crippen LogP contribution in [0.15, 0.2) is 24.3 Å². The fourth-order valence-electron chi connectivity index (χ4n) is 3.60. The number of benzene rings is 1. The summed E-state index contributed by atoms with van der Waals surface area (Å²) < 4.78 is 12.9. The van der Waals surface area contributed by atoms with Crippen LogP contribution in [0.4, 0.5) is 4.39 Å². The second-order valence-corrected chi connectivity index (χ2v) is 6.83. The molecule has 148 valence electrons. The van der Waals surface area contributed by atoms with E-state index < -0.39 is 0 Å². The topological polar surface area (TPSA) is 69.7 Å². The highest BCUT2D eigenvalue weighted by molar-refractivity contribution is 5.97. The standard InChI is InChI=1S/C19H24FN3O3.ClH/c20-15-5-3-14(4-6-15)17(24)7-8-18(25)22-10-1-2-16(13-22)23-11-9-21-12-19(23)26;/h3-6,16,21H,1-2,7-13H2;1H. The van der Waals surface area contributed by atoms with Crippen LogP contribution in [0.2, 0.25) is 0 Å². The lowest BCUT2D eigenvalue weighted by atomic mass is 10.0. The Bertz CT molecular complexity index is 683. The number of nitrogens with one attached hydrogen (secondary N) is 1. The summed E-state index contributed by atoms with van der Waals surface area (Å²) in [6, 6.07) is 5.43. The van der Waals surface area contributed by atoms with E-state index in [2.05, 4.69) is 5.32 Å². The van der Waals surface area contributed by atoms with E-state index in [0.29, 0.717) is 31.7 Å². The first kappa shape index (κ1) is 21.3. The number of hydrogen-bond donors (Lipinski definition) is 1. The van der Waals surface area contributed by atoms with Crippen molar-refractivity contribution in [3.8, 4) is 0 Å². The molecule has 2 fully saturated rings. The molecule has 0 bridgehead atoms. The Morgan fingerprint density at radius 1 is 1.15 bits per heavy atom. The number of nitrogens with zero attached hydrogens (tertiary/aromatic N) is 2. The average Bonchev–Trinajstić information content (AvgIpc) is 2.67. The lowest BCUT2D eigenvalue weighted by Gasteiger charge is -2.41. The number of rotatable bonds is 5. The van der Waals surface area contributed by atoms with Gasteiger partial charge in [0.05, 0.1) is 6.54 Å². The quantitative estimate of drug-likeness (QED) is 0.767. The highest BCUT2D eigenvalue weighted by atomic mass is 35.5. The first-order valence-corrected chi connectivity index (χ1v) is 9.11. The van der Waals surface area contributed by atoms with E-state index in [1.807, 2.05) is 4.90 Å². The van der Waals surface area contributed by atoms with E-state index in [-0.39, 0.29) is 54.7 Å². The largest absolute Gasteiger partial charge is 0.341 e. The highest BCUT2D eigenvalue weighted by Gasteiger charge is 2.31. The third kappa shape index (κ3) is 5.49. The first-order chi connectivity index (χ1) is 12.5. The van der Waals surface area contributed by atoms with Crippen molar-refractivity contribution in [2.75, 3.05) is 32.7 Å². The number of likely N-dealkylation sites (tertiary alicyclic amines) is 1. The van der Waals surface area contributed by atoms with Crippen LogP contribution in [0, 0.1) is 5.82 Å². The van der Waals surface area contributed by atoms with Gasteiger partial charge < -0.3 is 15.1 Å². The number of hydrogen-bond acceptors (Lipinski definition) is 4. The molecule has 1 aromatic rings. The van der Waals surface area contributed by atoms with E-state index in [9.17, 15) is 18.8 Å². The molecule has 1 aromatic carbocycles. The molecule has 0 aromatic heterocycles. The van der Waals surface area contributed by atoms with Crippen LogP contribution in [0.5, 0.6) is 0 Å². The van der Waals surface area contributed by atoms with Crippen molar-refractivity contribution in [2.24, 2.45) is 0 Å². The van der Waals surface area contributed by atoms with Crippen molar-refractivity contribution in [3.63, 3.8) is 0 Å². The molecule has 2 aliphatic heterocycles. The van der Waals surface area contributed by atoms with Gasteiger partial charge in [-0.2, -0.15) is 0 Å². The molecule has 2 heterocycles. The van der Waals surface area contributed by atoms with Crippen LogP contribution >= 0.6 is 12.4 Å². The van der Waals surface area contributed by atoms with E-state index in [4.69, 9.17) is 0 Å². The zero-order chi connectivity index (χ0) is 18.5. The first-order valence-electron chi connectivity index (χ1n) is 9.11. The van der Waals surface area contributed by atoms with Crippen molar-refractivity contribution in [3.05, 3.63) is 35.6 Å². The summed E-state index contributed by atoms with van der Waals surface area (Å²) in [5, 5.41) is 3.06. The molecule has 8 heteroatoms. The molecule has 0 saturated carbocycles. The Kier molecular flexibility index (Phi) is 7.74. The lowest BCUT2D eigenvalue weighted by molar-refractivity contribution is -0.140. The van der Waals surface area contributed by atoms with Crippen molar-refractivity contribution < 1.29 is 18.8 Å².